The topological polar surface area (TPSA) is 52.9 Å². The highest BCUT2D eigenvalue weighted by Crippen LogP contribution is 2.27. The van der Waals surface area contributed by atoms with E-state index in [1.165, 1.54) is 11.3 Å². The van der Waals surface area contributed by atoms with Gasteiger partial charge in [0.05, 0.1) is 17.3 Å². The third kappa shape index (κ3) is 2.80. The summed E-state index contributed by atoms with van der Waals surface area (Å²) in [5.74, 6) is -0.178. The number of carbonyl (C=O) groups excluding carboxylic acids is 1. The summed E-state index contributed by atoms with van der Waals surface area (Å²) >= 11 is 8.00. The van der Waals surface area contributed by atoms with E-state index in [1.807, 2.05) is 17.5 Å². The highest BCUT2D eigenvalue weighted by Gasteiger charge is 2.13. The summed E-state index contributed by atoms with van der Waals surface area (Å²) in [7, 11) is 0. The van der Waals surface area contributed by atoms with Crippen LogP contribution in [0.3, 0.4) is 0 Å². The van der Waals surface area contributed by atoms with Gasteiger partial charge in [-0.15, -0.1) is 11.3 Å². The van der Waals surface area contributed by atoms with Gasteiger partial charge in [-0.2, -0.15) is 5.26 Å². The molecule has 90 valence electrons. The van der Waals surface area contributed by atoms with Crippen molar-refractivity contribution >= 4 is 54.8 Å². The molecule has 2 aromatic rings. The van der Waals surface area contributed by atoms with Crippen molar-refractivity contribution in [2.24, 2.45) is 0 Å². The minimum atomic E-state index is -0.178. The molecule has 0 aliphatic heterocycles. The summed E-state index contributed by atoms with van der Waals surface area (Å²) in [4.78, 5) is 12.6. The van der Waals surface area contributed by atoms with Crippen molar-refractivity contribution in [3.63, 3.8) is 0 Å². The number of nitrogens with one attached hydrogen (secondary N) is 1. The van der Waals surface area contributed by atoms with Crippen LogP contribution < -0.4 is 5.32 Å². The fourth-order valence-corrected chi connectivity index (χ4v) is 3.25. The number of thiophene rings is 1. The average molecular weight is 386 g/mol. The summed E-state index contributed by atoms with van der Waals surface area (Å²) in [5.41, 5.74) is 1.18. The lowest BCUT2D eigenvalue weighted by Crippen LogP contribution is -2.11. The fraction of sp³-hybridized carbons (Fsp3) is 0. The molecule has 0 saturated heterocycles. The maximum atomic E-state index is 12.0. The monoisotopic (exact) mass is 384 g/mol. The maximum Gasteiger partial charge on any atom is 0.266 e. The second kappa shape index (κ2) is 5.65. The van der Waals surface area contributed by atoms with Crippen molar-refractivity contribution < 1.29 is 4.79 Å². The van der Waals surface area contributed by atoms with E-state index in [-0.39, 0.29) is 5.91 Å². The van der Waals surface area contributed by atoms with Gasteiger partial charge >= 0.3 is 0 Å². The first-order valence-corrected chi connectivity index (χ1v) is 7.32. The molecule has 0 fully saturated rings. The Labute approximate surface area is 125 Å². The predicted octanol–water partition coefficient (Wildman–Crippen LogP) is 4.40. The van der Waals surface area contributed by atoms with Gasteiger partial charge in [-0.3, -0.25) is 4.79 Å². The minimum Gasteiger partial charge on any atom is -0.320 e. The number of amides is 1. The molecule has 0 aliphatic carbocycles. The Morgan fingerprint density at radius 3 is 2.61 bits per heavy atom. The Hall–Kier alpha value is -1.16. The molecule has 0 aliphatic rings. The van der Waals surface area contributed by atoms with Crippen LogP contribution in [0.25, 0.3) is 0 Å². The zero-order valence-corrected chi connectivity index (χ0v) is 12.9. The number of hydrogen-bond donors (Lipinski definition) is 1. The van der Waals surface area contributed by atoms with Gasteiger partial charge in [0.15, 0.2) is 0 Å². The van der Waals surface area contributed by atoms with E-state index in [4.69, 9.17) is 5.26 Å². The van der Waals surface area contributed by atoms with Crippen LogP contribution in [0.2, 0.25) is 0 Å². The number of nitriles is 1. The molecular formula is C12H6Br2N2OS. The lowest BCUT2D eigenvalue weighted by atomic mass is 10.2. The molecular weight excluding hydrogens is 380 g/mol. The van der Waals surface area contributed by atoms with Crippen LogP contribution in [0.5, 0.6) is 0 Å². The van der Waals surface area contributed by atoms with E-state index in [1.54, 1.807) is 18.2 Å². The smallest absolute Gasteiger partial charge is 0.266 e. The fourth-order valence-electron chi connectivity index (χ4n) is 1.32. The lowest BCUT2D eigenvalue weighted by molar-refractivity contribution is 0.103. The first kappa shape index (κ1) is 13.3. The molecule has 18 heavy (non-hydrogen) atoms. The largest absolute Gasteiger partial charge is 0.320 e. The molecule has 3 nitrogen and oxygen atoms in total. The number of hydrogen-bond acceptors (Lipinski definition) is 3. The van der Waals surface area contributed by atoms with Gasteiger partial charge in [0.25, 0.3) is 5.91 Å². The van der Waals surface area contributed by atoms with Gasteiger partial charge in [-0.05, 0) is 61.5 Å². The zero-order valence-electron chi connectivity index (χ0n) is 8.91. The average Bonchev–Trinajstić information content (AvgIpc) is 2.78. The predicted molar refractivity (Wildman–Crippen MR) is 78.8 cm³/mol. The van der Waals surface area contributed by atoms with Gasteiger partial charge < -0.3 is 5.32 Å². The van der Waals surface area contributed by atoms with Crippen LogP contribution in [0, 0.1) is 11.3 Å². The van der Waals surface area contributed by atoms with Crippen molar-refractivity contribution in [2.75, 3.05) is 5.32 Å². The van der Waals surface area contributed by atoms with Crippen molar-refractivity contribution in [1.29, 1.82) is 5.26 Å². The van der Waals surface area contributed by atoms with Gasteiger partial charge in [0.1, 0.15) is 4.88 Å². The quantitative estimate of drug-likeness (QED) is 0.832. The van der Waals surface area contributed by atoms with Crippen molar-refractivity contribution in [3.8, 4) is 6.07 Å². The summed E-state index contributed by atoms with van der Waals surface area (Å²) in [6, 6.07) is 8.88. The van der Waals surface area contributed by atoms with E-state index in [2.05, 4.69) is 37.2 Å². The van der Waals surface area contributed by atoms with E-state index >= 15 is 0 Å². The van der Waals surface area contributed by atoms with E-state index < -0.39 is 0 Å². The summed E-state index contributed by atoms with van der Waals surface area (Å²) < 4.78 is 1.46. The second-order valence-electron chi connectivity index (χ2n) is 3.36. The molecule has 0 radical (unpaired) electrons. The van der Waals surface area contributed by atoms with Gasteiger partial charge in [-0.1, -0.05) is 0 Å². The van der Waals surface area contributed by atoms with E-state index in [0.717, 1.165) is 4.47 Å². The van der Waals surface area contributed by atoms with Crippen molar-refractivity contribution in [2.45, 2.75) is 0 Å². The molecule has 1 N–H and O–H groups in total. The molecule has 0 bridgehead atoms. The number of carbonyl (C=O) groups is 1. The van der Waals surface area contributed by atoms with Gasteiger partial charge in [0, 0.05) is 8.95 Å². The number of benzene rings is 1. The Kier molecular flexibility index (Phi) is 4.17. The Morgan fingerprint density at radius 2 is 2.06 bits per heavy atom. The molecule has 0 atom stereocenters. The van der Waals surface area contributed by atoms with Gasteiger partial charge in [-0.25, -0.2) is 0 Å². The van der Waals surface area contributed by atoms with Crippen LogP contribution in [-0.2, 0) is 0 Å². The number of rotatable bonds is 2. The summed E-state index contributed by atoms with van der Waals surface area (Å²) in [5, 5.41) is 13.4. The Bertz CT molecular complexity index is 646. The van der Waals surface area contributed by atoms with E-state index in [9.17, 15) is 4.79 Å². The molecule has 1 heterocycles. The number of nitrogens with zero attached hydrogens (tertiary/aromatic N) is 1. The molecule has 1 aromatic heterocycles. The normalized spacial score (nSPS) is 9.83. The van der Waals surface area contributed by atoms with E-state index in [0.29, 0.717) is 20.6 Å². The molecule has 0 saturated carbocycles. The molecule has 0 spiro atoms. The third-order valence-electron chi connectivity index (χ3n) is 2.17. The summed E-state index contributed by atoms with van der Waals surface area (Å²) in [6.07, 6.45) is 0. The Morgan fingerprint density at radius 1 is 1.28 bits per heavy atom. The third-order valence-corrected chi connectivity index (χ3v) is 4.66. The molecule has 2 rings (SSSR count). The lowest BCUT2D eigenvalue weighted by Gasteiger charge is -2.06. The highest BCUT2D eigenvalue weighted by atomic mass is 79.9. The molecule has 1 aromatic carbocycles. The van der Waals surface area contributed by atoms with Crippen LogP contribution in [0.15, 0.2) is 38.6 Å². The van der Waals surface area contributed by atoms with Crippen LogP contribution >= 0.6 is 43.2 Å². The van der Waals surface area contributed by atoms with Crippen molar-refractivity contribution in [1.82, 2.24) is 0 Å². The highest BCUT2D eigenvalue weighted by molar-refractivity contribution is 9.11. The molecule has 6 heteroatoms. The summed E-state index contributed by atoms with van der Waals surface area (Å²) in [6.45, 7) is 0. The maximum absolute atomic E-state index is 12.0. The first-order valence-electron chi connectivity index (χ1n) is 4.86. The van der Waals surface area contributed by atoms with Crippen molar-refractivity contribution in [3.05, 3.63) is 49.0 Å². The van der Waals surface area contributed by atoms with Gasteiger partial charge in [0.2, 0.25) is 0 Å². The van der Waals surface area contributed by atoms with Crippen LogP contribution in [0.4, 0.5) is 5.69 Å². The minimum absolute atomic E-state index is 0.178. The number of halogens is 2. The molecule has 0 unspecified atom stereocenters. The van der Waals surface area contributed by atoms with Crippen LogP contribution in [0.1, 0.15) is 15.2 Å². The van der Waals surface area contributed by atoms with Crippen LogP contribution in [-0.4, -0.2) is 5.91 Å². The standard InChI is InChI=1S/C12H6Br2N2OS/c13-8-3-4-18-11(8)12(17)16-10-2-1-7(6-15)5-9(10)14/h1-5H,(H,16,17). The number of anilines is 1. The second-order valence-corrected chi connectivity index (χ2v) is 5.98. The zero-order chi connectivity index (χ0) is 13.1. The first-order chi connectivity index (χ1) is 8.61. The molecule has 1 amide bonds. The SMILES string of the molecule is N#Cc1ccc(NC(=O)c2sccc2Br)c(Br)c1. The Balaban J connectivity index is 2.23.